The van der Waals surface area contributed by atoms with Crippen molar-refractivity contribution in [2.45, 2.75) is 4.90 Å². The highest BCUT2D eigenvalue weighted by atomic mass is 35.5. The Morgan fingerprint density at radius 1 is 0.647 bits per heavy atom. The van der Waals surface area contributed by atoms with Gasteiger partial charge in [0.15, 0.2) is 0 Å². The Bertz CT molecular complexity index is 458. The van der Waals surface area contributed by atoms with Crippen molar-refractivity contribution < 1.29 is 0 Å². The molecule has 2 aromatic carbocycles. The minimum absolute atomic E-state index is 0.302. The molecule has 0 radical (unpaired) electrons. The molecular formula is C12H8Cl4S. The Labute approximate surface area is 126 Å². The van der Waals surface area contributed by atoms with E-state index >= 15 is 0 Å². The molecule has 0 aliphatic heterocycles. The Morgan fingerprint density at radius 2 is 1.06 bits per heavy atom. The van der Waals surface area contributed by atoms with Crippen LogP contribution in [0.1, 0.15) is 0 Å². The summed E-state index contributed by atoms with van der Waals surface area (Å²) >= 11 is 26.6. The van der Waals surface area contributed by atoms with Crippen LogP contribution in [0.2, 0.25) is 20.1 Å². The van der Waals surface area contributed by atoms with E-state index in [0.29, 0.717) is 20.1 Å². The van der Waals surface area contributed by atoms with Gasteiger partial charge in [0, 0.05) is 4.90 Å². The first-order chi connectivity index (χ1) is 8.02. The summed E-state index contributed by atoms with van der Waals surface area (Å²) in [6.07, 6.45) is 0. The lowest BCUT2D eigenvalue weighted by Gasteiger charge is -1.98. The summed E-state index contributed by atoms with van der Waals surface area (Å²) in [7, 11) is 0. The van der Waals surface area contributed by atoms with E-state index in [1.165, 1.54) is 0 Å². The normalized spacial score (nSPS) is 9.47. The van der Waals surface area contributed by atoms with Crippen LogP contribution in [0, 0.1) is 0 Å². The van der Waals surface area contributed by atoms with Crippen LogP contribution in [0.5, 0.6) is 0 Å². The summed E-state index contributed by atoms with van der Waals surface area (Å²) < 4.78 is 0. The molecular weight excluding hydrogens is 318 g/mol. The summed E-state index contributed by atoms with van der Waals surface area (Å²) in [5.41, 5.74) is 0. The van der Waals surface area contributed by atoms with Gasteiger partial charge in [-0.2, -0.15) is 0 Å². The summed E-state index contributed by atoms with van der Waals surface area (Å²) in [6, 6.07) is 13.0. The van der Waals surface area contributed by atoms with Crippen molar-refractivity contribution in [3.05, 3.63) is 62.6 Å². The third-order valence-electron chi connectivity index (χ3n) is 1.74. The average molecular weight is 326 g/mol. The van der Waals surface area contributed by atoms with Gasteiger partial charge in [-0.25, -0.2) is 0 Å². The molecule has 0 bridgehead atoms. The summed E-state index contributed by atoms with van der Waals surface area (Å²) in [5, 5.41) is 1.43. The number of benzene rings is 2. The van der Waals surface area contributed by atoms with Crippen molar-refractivity contribution in [1.29, 1.82) is 0 Å². The van der Waals surface area contributed by atoms with Crippen molar-refractivity contribution in [2.75, 3.05) is 0 Å². The lowest BCUT2D eigenvalue weighted by Crippen LogP contribution is -1.71. The molecule has 0 saturated heterocycles. The fourth-order valence-corrected chi connectivity index (χ4v) is 1.84. The van der Waals surface area contributed by atoms with Gasteiger partial charge in [-0.1, -0.05) is 64.6 Å². The van der Waals surface area contributed by atoms with Crippen LogP contribution in [0.25, 0.3) is 0 Å². The van der Waals surface area contributed by atoms with Gasteiger partial charge in [-0.05, 0) is 24.3 Å². The summed E-state index contributed by atoms with van der Waals surface area (Å²) in [6.45, 7) is 0. The Balaban J connectivity index is 0.000000181. The number of rotatable bonds is 0. The van der Waals surface area contributed by atoms with Crippen LogP contribution >= 0.6 is 59.0 Å². The molecule has 17 heavy (non-hydrogen) atoms. The zero-order valence-electron chi connectivity index (χ0n) is 8.50. The summed E-state index contributed by atoms with van der Waals surface area (Å²) in [5.74, 6) is 0. The van der Waals surface area contributed by atoms with Gasteiger partial charge in [0.25, 0.3) is 0 Å². The van der Waals surface area contributed by atoms with Gasteiger partial charge in [0.2, 0.25) is 0 Å². The van der Waals surface area contributed by atoms with Crippen molar-refractivity contribution in [1.82, 2.24) is 0 Å². The van der Waals surface area contributed by atoms with Crippen LogP contribution in [0.3, 0.4) is 0 Å². The van der Waals surface area contributed by atoms with Crippen LogP contribution in [0.15, 0.2) is 47.4 Å². The topological polar surface area (TPSA) is 0 Å². The lowest BCUT2D eigenvalue weighted by atomic mass is 10.4. The van der Waals surface area contributed by atoms with Crippen LogP contribution in [-0.4, -0.2) is 0 Å². The van der Waals surface area contributed by atoms with Gasteiger partial charge >= 0.3 is 0 Å². The van der Waals surface area contributed by atoms with Crippen LogP contribution < -0.4 is 0 Å². The molecule has 0 atom stereocenters. The van der Waals surface area contributed by atoms with E-state index in [1.54, 1.807) is 12.1 Å². The molecule has 0 aliphatic rings. The Morgan fingerprint density at radius 3 is 1.35 bits per heavy atom. The number of hydrogen-bond donors (Lipinski definition) is 1. The van der Waals surface area contributed by atoms with E-state index in [1.807, 2.05) is 30.3 Å². The molecule has 0 aliphatic carbocycles. The first-order valence-electron chi connectivity index (χ1n) is 4.55. The van der Waals surface area contributed by atoms with Crippen molar-refractivity contribution in [3.63, 3.8) is 0 Å². The highest BCUT2D eigenvalue weighted by molar-refractivity contribution is 7.80. The second kappa shape index (κ2) is 7.40. The summed E-state index contributed by atoms with van der Waals surface area (Å²) in [4.78, 5) is 1.02. The van der Waals surface area contributed by atoms with E-state index in [-0.39, 0.29) is 0 Å². The van der Waals surface area contributed by atoms with E-state index in [9.17, 15) is 0 Å². The highest BCUT2D eigenvalue weighted by Gasteiger charge is 2.05. The number of halogens is 4. The molecule has 2 rings (SSSR count). The predicted molar refractivity (Wildman–Crippen MR) is 80.2 cm³/mol. The molecule has 0 heterocycles. The minimum Gasteiger partial charge on any atom is -0.143 e. The molecule has 0 nitrogen and oxygen atoms in total. The largest absolute Gasteiger partial charge is 0.143 e. The second-order valence-corrected chi connectivity index (χ2v) is 5.08. The van der Waals surface area contributed by atoms with Crippen LogP contribution in [0.4, 0.5) is 0 Å². The molecule has 5 heteroatoms. The quantitative estimate of drug-likeness (QED) is 0.329. The first-order valence-corrected chi connectivity index (χ1v) is 6.51. The van der Waals surface area contributed by atoms with E-state index in [0.717, 1.165) is 4.90 Å². The highest BCUT2D eigenvalue weighted by Crippen LogP contribution is 2.34. The third kappa shape index (κ3) is 4.99. The molecule has 0 aromatic heterocycles. The van der Waals surface area contributed by atoms with Gasteiger partial charge in [0.05, 0.1) is 20.1 Å². The maximum absolute atomic E-state index is 5.63. The van der Waals surface area contributed by atoms with Gasteiger partial charge in [-0.3, -0.25) is 0 Å². The molecule has 90 valence electrons. The maximum Gasteiger partial charge on any atom is 0.0793 e. The van der Waals surface area contributed by atoms with Gasteiger partial charge in [0.1, 0.15) is 0 Å². The van der Waals surface area contributed by atoms with E-state index in [2.05, 4.69) is 12.6 Å². The smallest absolute Gasteiger partial charge is 0.0793 e. The van der Waals surface area contributed by atoms with E-state index in [4.69, 9.17) is 46.4 Å². The molecule has 0 amide bonds. The predicted octanol–water partition coefficient (Wildman–Crippen LogP) is 6.28. The molecule has 0 spiro atoms. The third-order valence-corrected chi connectivity index (χ3v) is 3.75. The minimum atomic E-state index is 0.302. The molecule has 0 saturated carbocycles. The standard InChI is InChI=1S/C6H2Cl4.C6H6S/c7-3-1-2-4(8)6(10)5(3)9;7-6-4-2-1-3-5-6/h1-2H;1-5,7H. The maximum atomic E-state index is 5.63. The Kier molecular flexibility index (Phi) is 6.53. The lowest BCUT2D eigenvalue weighted by molar-refractivity contribution is 1.48. The van der Waals surface area contributed by atoms with Gasteiger partial charge in [-0.15, -0.1) is 12.6 Å². The monoisotopic (exact) mass is 324 g/mol. The SMILES string of the molecule is Clc1ccc(Cl)c(Cl)c1Cl.Sc1ccccc1. The zero-order chi connectivity index (χ0) is 12.8. The zero-order valence-corrected chi connectivity index (χ0v) is 12.4. The number of thiol groups is 1. The Hall–Kier alpha value is -0.0500. The van der Waals surface area contributed by atoms with Gasteiger partial charge < -0.3 is 0 Å². The van der Waals surface area contributed by atoms with Crippen molar-refractivity contribution in [3.8, 4) is 0 Å². The van der Waals surface area contributed by atoms with Crippen LogP contribution in [-0.2, 0) is 0 Å². The molecule has 2 aromatic rings. The molecule has 0 unspecified atom stereocenters. The molecule has 0 N–H and O–H groups in total. The fraction of sp³-hybridized carbons (Fsp3) is 0. The van der Waals surface area contributed by atoms with Crippen molar-refractivity contribution in [2.24, 2.45) is 0 Å². The number of hydrogen-bond acceptors (Lipinski definition) is 1. The second-order valence-electron chi connectivity index (χ2n) is 2.99. The van der Waals surface area contributed by atoms with Crippen molar-refractivity contribution >= 4 is 59.0 Å². The molecule has 0 fully saturated rings. The fourth-order valence-electron chi connectivity index (χ4n) is 0.930. The first kappa shape index (κ1) is 15.0. The average Bonchev–Trinajstić information content (AvgIpc) is 2.33. The van der Waals surface area contributed by atoms with E-state index < -0.39 is 0 Å².